The number of aliphatic carboxylic acids is 1. The summed E-state index contributed by atoms with van der Waals surface area (Å²) >= 11 is 0. The highest BCUT2D eigenvalue weighted by Crippen LogP contribution is 2.21. The van der Waals surface area contributed by atoms with Crippen molar-refractivity contribution in [2.24, 2.45) is 5.92 Å². The number of methoxy groups -OCH3 is 1. The first-order valence-corrected chi connectivity index (χ1v) is 5.60. The minimum Gasteiger partial charge on any atom is -0.489 e. The third-order valence-electron chi connectivity index (χ3n) is 2.59. The van der Waals surface area contributed by atoms with Crippen LogP contribution in [0.3, 0.4) is 0 Å². The summed E-state index contributed by atoms with van der Waals surface area (Å²) in [7, 11) is 1.38. The molecule has 0 saturated carbocycles. The van der Waals surface area contributed by atoms with Crippen LogP contribution < -0.4 is 15.2 Å². The lowest BCUT2D eigenvalue weighted by molar-refractivity contribution is -0.140. The lowest BCUT2D eigenvalue weighted by atomic mass is 10.1. The largest absolute Gasteiger partial charge is 0.489 e. The summed E-state index contributed by atoms with van der Waals surface area (Å²) in [6.07, 6.45) is 1.27. The van der Waals surface area contributed by atoms with Crippen LogP contribution in [0.1, 0.15) is 13.8 Å². The smallest absolute Gasteiger partial charge is 0.308 e. The first-order valence-electron chi connectivity index (χ1n) is 5.60. The molecule has 0 amide bonds. The monoisotopic (exact) mass is 255 g/mol. The molecule has 18 heavy (non-hydrogen) atoms. The minimum atomic E-state index is -0.891. The topological polar surface area (TPSA) is 95.5 Å². The first-order chi connectivity index (χ1) is 8.51. The number of hydrogen-bond donors (Lipinski definition) is 2. The van der Waals surface area contributed by atoms with E-state index < -0.39 is 11.9 Å². The SMILES string of the molecule is CCN(CC(C)C(=O)O)c1nc[nH]c(=O)c1OC. The van der Waals surface area contributed by atoms with Crippen molar-refractivity contribution in [2.45, 2.75) is 13.8 Å². The van der Waals surface area contributed by atoms with Crippen molar-refractivity contribution in [3.05, 3.63) is 16.7 Å². The highest BCUT2D eigenvalue weighted by molar-refractivity contribution is 5.70. The van der Waals surface area contributed by atoms with Gasteiger partial charge in [-0.05, 0) is 6.92 Å². The van der Waals surface area contributed by atoms with E-state index in [1.165, 1.54) is 13.4 Å². The second kappa shape index (κ2) is 6.04. The molecule has 0 aliphatic carbocycles. The molecule has 1 unspecified atom stereocenters. The number of carboxylic acids is 1. The van der Waals surface area contributed by atoms with E-state index in [9.17, 15) is 9.59 Å². The molecule has 0 aliphatic heterocycles. The summed E-state index contributed by atoms with van der Waals surface area (Å²) in [5, 5.41) is 8.91. The third-order valence-corrected chi connectivity index (χ3v) is 2.59. The molecule has 1 atom stereocenters. The maximum Gasteiger partial charge on any atom is 0.308 e. The fraction of sp³-hybridized carbons (Fsp3) is 0.545. The molecule has 1 heterocycles. The molecule has 1 aromatic heterocycles. The zero-order valence-electron chi connectivity index (χ0n) is 10.6. The maximum atomic E-state index is 11.5. The van der Waals surface area contributed by atoms with Gasteiger partial charge in [-0.2, -0.15) is 0 Å². The Kier molecular flexibility index (Phi) is 4.70. The summed E-state index contributed by atoms with van der Waals surface area (Å²) < 4.78 is 5.01. The molecule has 0 aliphatic rings. The van der Waals surface area contributed by atoms with Gasteiger partial charge in [-0.25, -0.2) is 4.98 Å². The molecular formula is C11H17N3O4. The number of carbonyl (C=O) groups is 1. The van der Waals surface area contributed by atoms with Crippen LogP contribution >= 0.6 is 0 Å². The Hall–Kier alpha value is -2.05. The van der Waals surface area contributed by atoms with Crippen LogP contribution in [0.5, 0.6) is 5.75 Å². The standard InChI is InChI=1S/C11H17N3O4/c1-4-14(5-7(2)11(16)17)9-8(18-3)10(15)13-6-12-9/h6-7H,4-5H2,1-3H3,(H,16,17)(H,12,13,15). The summed E-state index contributed by atoms with van der Waals surface area (Å²) in [6, 6.07) is 0. The van der Waals surface area contributed by atoms with Gasteiger partial charge in [0.25, 0.3) is 5.56 Å². The van der Waals surface area contributed by atoms with E-state index in [0.29, 0.717) is 12.4 Å². The Labute approximate surface area is 104 Å². The molecule has 7 heteroatoms. The summed E-state index contributed by atoms with van der Waals surface area (Å²) in [5.74, 6) is -0.998. The van der Waals surface area contributed by atoms with Crippen LogP contribution in [0.2, 0.25) is 0 Å². The molecule has 2 N–H and O–H groups in total. The number of H-pyrrole nitrogens is 1. The molecule has 7 nitrogen and oxygen atoms in total. The molecule has 0 radical (unpaired) electrons. The van der Waals surface area contributed by atoms with Gasteiger partial charge in [0.1, 0.15) is 0 Å². The van der Waals surface area contributed by atoms with Crippen molar-refractivity contribution in [3.63, 3.8) is 0 Å². The quantitative estimate of drug-likeness (QED) is 0.760. The van der Waals surface area contributed by atoms with Gasteiger partial charge in [-0.3, -0.25) is 9.59 Å². The second-order valence-corrected chi connectivity index (χ2v) is 3.87. The van der Waals surface area contributed by atoms with Crippen molar-refractivity contribution in [1.82, 2.24) is 9.97 Å². The van der Waals surface area contributed by atoms with E-state index in [4.69, 9.17) is 9.84 Å². The van der Waals surface area contributed by atoms with E-state index >= 15 is 0 Å². The predicted molar refractivity (Wildman–Crippen MR) is 66.1 cm³/mol. The van der Waals surface area contributed by atoms with Crippen LogP contribution in [0, 0.1) is 5.92 Å². The molecule has 0 fully saturated rings. The average molecular weight is 255 g/mol. The van der Waals surface area contributed by atoms with Gasteiger partial charge in [0.2, 0.25) is 5.75 Å². The van der Waals surface area contributed by atoms with Gasteiger partial charge in [0.05, 0.1) is 19.4 Å². The molecule has 0 bridgehead atoms. The Bertz CT molecular complexity index is 472. The minimum absolute atomic E-state index is 0.0944. The Morgan fingerprint density at radius 2 is 2.33 bits per heavy atom. The van der Waals surface area contributed by atoms with E-state index in [-0.39, 0.29) is 17.9 Å². The van der Waals surface area contributed by atoms with Gasteiger partial charge in [0, 0.05) is 13.1 Å². The number of carboxylic acid groups (broad SMARTS) is 1. The zero-order valence-corrected chi connectivity index (χ0v) is 10.6. The highest BCUT2D eigenvalue weighted by atomic mass is 16.5. The number of rotatable bonds is 6. The number of nitrogens with zero attached hydrogens (tertiary/aromatic N) is 2. The molecule has 0 spiro atoms. The van der Waals surface area contributed by atoms with Crippen molar-refractivity contribution < 1.29 is 14.6 Å². The summed E-state index contributed by atoms with van der Waals surface area (Å²) in [6.45, 7) is 4.25. The van der Waals surface area contributed by atoms with Crippen molar-refractivity contribution in [3.8, 4) is 5.75 Å². The molecule has 1 aromatic rings. The number of anilines is 1. The van der Waals surface area contributed by atoms with Crippen LogP contribution in [0.15, 0.2) is 11.1 Å². The van der Waals surface area contributed by atoms with E-state index in [0.717, 1.165) is 0 Å². The normalized spacial score (nSPS) is 11.9. The summed E-state index contributed by atoms with van der Waals surface area (Å²) in [5.41, 5.74) is -0.385. The highest BCUT2D eigenvalue weighted by Gasteiger charge is 2.20. The molecule has 1 rings (SSSR count). The van der Waals surface area contributed by atoms with E-state index in [1.54, 1.807) is 11.8 Å². The number of nitrogens with one attached hydrogen (secondary N) is 1. The van der Waals surface area contributed by atoms with Crippen molar-refractivity contribution in [1.29, 1.82) is 0 Å². The van der Waals surface area contributed by atoms with Crippen LogP contribution in [-0.4, -0.2) is 41.2 Å². The fourth-order valence-corrected chi connectivity index (χ4v) is 1.56. The van der Waals surface area contributed by atoms with Gasteiger partial charge < -0.3 is 19.7 Å². The zero-order chi connectivity index (χ0) is 13.7. The fourth-order valence-electron chi connectivity index (χ4n) is 1.56. The van der Waals surface area contributed by atoms with Crippen LogP contribution in [0.4, 0.5) is 5.82 Å². The Morgan fingerprint density at radius 1 is 1.67 bits per heavy atom. The maximum absolute atomic E-state index is 11.5. The number of ether oxygens (including phenoxy) is 1. The van der Waals surface area contributed by atoms with E-state index in [1.807, 2.05) is 6.92 Å². The average Bonchev–Trinajstić information content (AvgIpc) is 2.35. The molecule has 100 valence electrons. The number of hydrogen-bond acceptors (Lipinski definition) is 5. The van der Waals surface area contributed by atoms with Crippen molar-refractivity contribution >= 4 is 11.8 Å². The van der Waals surface area contributed by atoms with Crippen molar-refractivity contribution in [2.75, 3.05) is 25.1 Å². The Morgan fingerprint density at radius 3 is 2.83 bits per heavy atom. The molecular weight excluding hydrogens is 238 g/mol. The Balaban J connectivity index is 3.05. The number of aromatic amines is 1. The molecule has 0 aromatic carbocycles. The second-order valence-electron chi connectivity index (χ2n) is 3.87. The lowest BCUT2D eigenvalue weighted by Gasteiger charge is -2.24. The first kappa shape index (κ1) is 14.0. The van der Waals surface area contributed by atoms with Gasteiger partial charge >= 0.3 is 5.97 Å². The third kappa shape index (κ3) is 2.99. The summed E-state index contributed by atoms with van der Waals surface area (Å²) in [4.78, 5) is 30.6. The van der Waals surface area contributed by atoms with Gasteiger partial charge in [-0.1, -0.05) is 6.92 Å². The molecule has 0 saturated heterocycles. The number of aromatic nitrogens is 2. The predicted octanol–water partition coefficient (Wildman–Crippen LogP) is 0.326. The van der Waals surface area contributed by atoms with Gasteiger partial charge in [0.15, 0.2) is 5.82 Å². The lowest BCUT2D eigenvalue weighted by Crippen LogP contribution is -2.33. The van der Waals surface area contributed by atoms with Gasteiger partial charge in [-0.15, -0.1) is 0 Å². The van der Waals surface area contributed by atoms with Crippen LogP contribution in [-0.2, 0) is 4.79 Å². The van der Waals surface area contributed by atoms with Crippen LogP contribution in [0.25, 0.3) is 0 Å². The van der Waals surface area contributed by atoms with E-state index in [2.05, 4.69) is 9.97 Å².